The van der Waals surface area contributed by atoms with Crippen LogP contribution in [0.25, 0.3) is 0 Å². The van der Waals surface area contributed by atoms with E-state index in [1.165, 1.54) is 6.26 Å². The van der Waals surface area contributed by atoms with Crippen LogP contribution in [0, 0.1) is 13.8 Å². The molecule has 0 radical (unpaired) electrons. The average molecular weight is 367 g/mol. The molecule has 2 aromatic rings. The molecule has 128 valence electrons. The van der Waals surface area contributed by atoms with Gasteiger partial charge in [-0.25, -0.2) is 8.42 Å². The summed E-state index contributed by atoms with van der Waals surface area (Å²) in [6.07, 6.45) is 1.17. The van der Waals surface area contributed by atoms with Crippen molar-refractivity contribution in [3.8, 4) is 0 Å². The Balaban J connectivity index is 2.14. The van der Waals surface area contributed by atoms with E-state index >= 15 is 0 Å². The van der Waals surface area contributed by atoms with E-state index in [0.29, 0.717) is 22.0 Å². The van der Waals surface area contributed by atoms with Gasteiger partial charge in [0.1, 0.15) is 0 Å². The second-order valence-corrected chi connectivity index (χ2v) is 7.98. The summed E-state index contributed by atoms with van der Waals surface area (Å²) in [4.78, 5) is 12.3. The molecule has 0 unspecified atom stereocenters. The van der Waals surface area contributed by atoms with Crippen molar-refractivity contribution in [2.45, 2.75) is 18.7 Å². The Morgan fingerprint density at radius 1 is 1.12 bits per heavy atom. The van der Waals surface area contributed by atoms with Gasteiger partial charge in [0.25, 0.3) is 0 Å². The summed E-state index contributed by atoms with van der Waals surface area (Å²) in [6.45, 7) is 3.52. The minimum absolute atomic E-state index is 0.00127. The molecule has 0 aliphatic rings. The lowest BCUT2D eigenvalue weighted by atomic mass is 10.1. The summed E-state index contributed by atoms with van der Waals surface area (Å²) >= 11 is 6.00. The molecule has 0 aliphatic carbocycles. The van der Waals surface area contributed by atoms with E-state index in [0.717, 1.165) is 5.56 Å². The van der Waals surface area contributed by atoms with Crippen LogP contribution in [0.5, 0.6) is 0 Å². The monoisotopic (exact) mass is 366 g/mol. The van der Waals surface area contributed by atoms with E-state index in [2.05, 4.69) is 10.6 Å². The molecule has 0 saturated carbocycles. The maximum absolute atomic E-state index is 12.1. The molecule has 2 aromatic carbocycles. The molecule has 0 spiro atoms. The number of sulfone groups is 1. The fourth-order valence-corrected chi connectivity index (χ4v) is 3.58. The van der Waals surface area contributed by atoms with E-state index in [9.17, 15) is 13.2 Å². The van der Waals surface area contributed by atoms with Gasteiger partial charge in [0.15, 0.2) is 9.84 Å². The molecular weight excluding hydrogens is 348 g/mol. The van der Waals surface area contributed by atoms with Crippen molar-refractivity contribution < 1.29 is 13.2 Å². The molecule has 5 nitrogen and oxygen atoms in total. The third-order valence-electron chi connectivity index (χ3n) is 3.49. The van der Waals surface area contributed by atoms with Crippen LogP contribution in [0.2, 0.25) is 5.02 Å². The number of amides is 1. The van der Waals surface area contributed by atoms with Gasteiger partial charge in [-0.2, -0.15) is 0 Å². The Morgan fingerprint density at radius 2 is 1.79 bits per heavy atom. The highest BCUT2D eigenvalue weighted by Crippen LogP contribution is 2.25. The number of rotatable bonds is 5. The zero-order valence-electron chi connectivity index (χ0n) is 13.7. The Hall–Kier alpha value is -2.05. The van der Waals surface area contributed by atoms with Crippen molar-refractivity contribution in [1.29, 1.82) is 0 Å². The van der Waals surface area contributed by atoms with Crippen LogP contribution < -0.4 is 10.6 Å². The fourth-order valence-electron chi connectivity index (χ4n) is 2.33. The second-order valence-electron chi connectivity index (χ2n) is 5.59. The van der Waals surface area contributed by atoms with Crippen molar-refractivity contribution in [1.82, 2.24) is 0 Å². The summed E-state index contributed by atoms with van der Waals surface area (Å²) in [5.74, 6) is -0.273. The van der Waals surface area contributed by atoms with Crippen LogP contribution in [0.4, 0.5) is 11.4 Å². The van der Waals surface area contributed by atoms with Gasteiger partial charge in [-0.15, -0.1) is 0 Å². The van der Waals surface area contributed by atoms with E-state index in [1.807, 2.05) is 13.0 Å². The van der Waals surface area contributed by atoms with E-state index in [4.69, 9.17) is 11.6 Å². The summed E-state index contributed by atoms with van der Waals surface area (Å²) in [5, 5.41) is 6.15. The first-order chi connectivity index (χ1) is 11.2. The number of carbonyl (C=O) groups is 1. The number of hydrogen-bond donors (Lipinski definition) is 2. The number of hydrogen-bond acceptors (Lipinski definition) is 4. The van der Waals surface area contributed by atoms with Gasteiger partial charge in [-0.3, -0.25) is 4.79 Å². The van der Waals surface area contributed by atoms with Crippen molar-refractivity contribution in [2.24, 2.45) is 0 Å². The zero-order valence-corrected chi connectivity index (χ0v) is 15.3. The van der Waals surface area contributed by atoms with Crippen LogP contribution in [0.15, 0.2) is 41.3 Å². The van der Waals surface area contributed by atoms with Crippen LogP contribution in [0.1, 0.15) is 11.1 Å². The number of halogens is 1. The smallest absolute Gasteiger partial charge is 0.243 e. The molecule has 0 aliphatic heterocycles. The first-order valence-corrected chi connectivity index (χ1v) is 9.55. The number of aryl methyl sites for hydroxylation is 1. The molecule has 0 fully saturated rings. The standard InChI is InChI=1S/C17H19ClN2O3S/c1-11-8-15(12(2)16(9-11)24(3,22)23)19-10-17(21)20-14-7-5-4-6-13(14)18/h4-9,19H,10H2,1-3H3,(H,20,21). The largest absolute Gasteiger partial charge is 0.376 e. The highest BCUT2D eigenvalue weighted by molar-refractivity contribution is 7.90. The highest BCUT2D eigenvalue weighted by Gasteiger charge is 2.15. The summed E-state index contributed by atoms with van der Waals surface area (Å²) in [5.41, 5.74) is 2.54. The Bertz CT molecular complexity index is 879. The Labute approximate surface area is 147 Å². The third-order valence-corrected chi connectivity index (χ3v) is 5.04. The average Bonchev–Trinajstić information content (AvgIpc) is 2.49. The SMILES string of the molecule is Cc1cc(NCC(=O)Nc2ccccc2Cl)c(C)c(S(C)(=O)=O)c1. The molecule has 0 atom stereocenters. The number of anilines is 2. The van der Waals surface area contributed by atoms with Crippen LogP contribution >= 0.6 is 11.6 Å². The van der Waals surface area contributed by atoms with Gasteiger partial charge in [0, 0.05) is 11.9 Å². The maximum Gasteiger partial charge on any atom is 0.243 e. The predicted octanol–water partition coefficient (Wildman–Crippen LogP) is 3.41. The minimum Gasteiger partial charge on any atom is -0.376 e. The fraction of sp³-hybridized carbons (Fsp3) is 0.235. The molecule has 1 amide bonds. The number of para-hydroxylation sites is 1. The van der Waals surface area contributed by atoms with Gasteiger partial charge >= 0.3 is 0 Å². The highest BCUT2D eigenvalue weighted by atomic mass is 35.5. The summed E-state index contributed by atoms with van der Waals surface area (Å²) in [6, 6.07) is 10.4. The lowest BCUT2D eigenvalue weighted by molar-refractivity contribution is -0.114. The van der Waals surface area contributed by atoms with Crippen LogP contribution in [0.3, 0.4) is 0 Å². The lowest BCUT2D eigenvalue weighted by Crippen LogP contribution is -2.22. The molecule has 0 bridgehead atoms. The molecule has 2 N–H and O–H groups in total. The van der Waals surface area contributed by atoms with Crippen molar-refractivity contribution in [3.63, 3.8) is 0 Å². The number of benzene rings is 2. The molecular formula is C17H19ClN2O3S. The predicted molar refractivity (Wildman–Crippen MR) is 97.6 cm³/mol. The molecule has 7 heteroatoms. The topological polar surface area (TPSA) is 75.3 Å². The van der Waals surface area contributed by atoms with Gasteiger partial charge < -0.3 is 10.6 Å². The molecule has 2 rings (SSSR count). The Morgan fingerprint density at radius 3 is 2.42 bits per heavy atom. The van der Waals surface area contributed by atoms with Crippen molar-refractivity contribution in [3.05, 3.63) is 52.5 Å². The quantitative estimate of drug-likeness (QED) is 0.850. The van der Waals surface area contributed by atoms with E-state index in [1.54, 1.807) is 37.3 Å². The third kappa shape index (κ3) is 4.49. The minimum atomic E-state index is -3.33. The summed E-state index contributed by atoms with van der Waals surface area (Å²) < 4.78 is 23.7. The lowest BCUT2D eigenvalue weighted by Gasteiger charge is -2.14. The second kappa shape index (κ2) is 7.23. The molecule has 24 heavy (non-hydrogen) atoms. The molecule has 0 aromatic heterocycles. The molecule has 0 heterocycles. The van der Waals surface area contributed by atoms with Crippen LogP contribution in [-0.2, 0) is 14.6 Å². The van der Waals surface area contributed by atoms with Crippen LogP contribution in [-0.4, -0.2) is 27.1 Å². The van der Waals surface area contributed by atoms with Gasteiger partial charge in [-0.1, -0.05) is 23.7 Å². The van der Waals surface area contributed by atoms with Gasteiger partial charge in [0.05, 0.1) is 22.2 Å². The molecule has 0 saturated heterocycles. The van der Waals surface area contributed by atoms with E-state index in [-0.39, 0.29) is 17.3 Å². The normalized spacial score (nSPS) is 11.2. The summed E-state index contributed by atoms with van der Waals surface area (Å²) in [7, 11) is -3.33. The van der Waals surface area contributed by atoms with Crippen molar-refractivity contribution >= 4 is 38.7 Å². The maximum atomic E-state index is 12.1. The number of carbonyl (C=O) groups excluding carboxylic acids is 1. The van der Waals surface area contributed by atoms with E-state index < -0.39 is 9.84 Å². The Kier molecular flexibility index (Phi) is 5.51. The van der Waals surface area contributed by atoms with Gasteiger partial charge in [-0.05, 0) is 49.2 Å². The first-order valence-electron chi connectivity index (χ1n) is 7.28. The first kappa shape index (κ1) is 18.3. The zero-order chi connectivity index (χ0) is 17.9. The van der Waals surface area contributed by atoms with Crippen molar-refractivity contribution in [2.75, 3.05) is 23.4 Å². The van der Waals surface area contributed by atoms with Gasteiger partial charge in [0.2, 0.25) is 5.91 Å². The number of nitrogens with one attached hydrogen (secondary N) is 2.